The summed E-state index contributed by atoms with van der Waals surface area (Å²) in [6, 6.07) is 5.97. The first kappa shape index (κ1) is 14.7. The molecule has 0 saturated heterocycles. The Kier molecular flexibility index (Phi) is 4.86. The van der Waals surface area contributed by atoms with Gasteiger partial charge in [-0.3, -0.25) is 4.79 Å². The molecule has 1 aromatic carbocycles. The summed E-state index contributed by atoms with van der Waals surface area (Å²) in [6.45, 7) is 2.93. The van der Waals surface area contributed by atoms with Crippen LogP contribution in [0.15, 0.2) is 29.2 Å². The van der Waals surface area contributed by atoms with Crippen LogP contribution < -0.4 is 5.32 Å². The Balaban J connectivity index is 2.81. The van der Waals surface area contributed by atoms with E-state index in [4.69, 9.17) is 5.11 Å². The van der Waals surface area contributed by atoms with Crippen LogP contribution in [0.25, 0.3) is 0 Å². The van der Waals surface area contributed by atoms with Gasteiger partial charge in [0.2, 0.25) is 5.91 Å². The molecule has 0 bridgehead atoms. The summed E-state index contributed by atoms with van der Waals surface area (Å²) in [5, 5.41) is 11.7. The van der Waals surface area contributed by atoms with Crippen molar-refractivity contribution in [2.75, 3.05) is 11.1 Å². The van der Waals surface area contributed by atoms with E-state index >= 15 is 0 Å². The zero-order chi connectivity index (χ0) is 13.8. The number of hydrogen-bond acceptors (Lipinski definition) is 4. The number of sulfone groups is 1. The topological polar surface area (TPSA) is 83.5 Å². The number of benzene rings is 1. The van der Waals surface area contributed by atoms with E-state index in [9.17, 15) is 13.2 Å². The molecule has 18 heavy (non-hydrogen) atoms. The van der Waals surface area contributed by atoms with Gasteiger partial charge in [-0.1, -0.05) is 0 Å². The van der Waals surface area contributed by atoms with Crippen LogP contribution in [0, 0.1) is 0 Å². The molecule has 0 spiro atoms. The fourth-order valence-corrected chi connectivity index (χ4v) is 2.83. The Morgan fingerprint density at radius 1 is 1.33 bits per heavy atom. The van der Waals surface area contributed by atoms with Crippen LogP contribution >= 0.6 is 0 Å². The Hall–Kier alpha value is -1.40. The van der Waals surface area contributed by atoms with Crippen LogP contribution in [0.1, 0.15) is 20.3 Å². The highest BCUT2D eigenvalue weighted by Gasteiger charge is 2.15. The van der Waals surface area contributed by atoms with Crippen molar-refractivity contribution in [2.24, 2.45) is 0 Å². The lowest BCUT2D eigenvalue weighted by Gasteiger charge is -2.07. The number of hydrogen-bond donors (Lipinski definition) is 2. The van der Waals surface area contributed by atoms with Gasteiger partial charge in [-0.05, 0) is 37.6 Å². The van der Waals surface area contributed by atoms with E-state index in [0.29, 0.717) is 5.69 Å². The van der Waals surface area contributed by atoms with Gasteiger partial charge in [0.25, 0.3) is 0 Å². The molecule has 0 saturated carbocycles. The zero-order valence-electron chi connectivity index (χ0n) is 10.4. The number of aliphatic hydroxyl groups excluding tert-OH is 1. The van der Waals surface area contributed by atoms with Crippen molar-refractivity contribution in [3.05, 3.63) is 24.3 Å². The Morgan fingerprint density at radius 3 is 2.33 bits per heavy atom. The summed E-state index contributed by atoms with van der Waals surface area (Å²) in [4.78, 5) is 11.0. The van der Waals surface area contributed by atoms with Crippen molar-refractivity contribution in [2.45, 2.75) is 31.3 Å². The van der Waals surface area contributed by atoms with Crippen LogP contribution in [0.3, 0.4) is 0 Å². The average Bonchev–Trinajstić information content (AvgIpc) is 2.26. The van der Waals surface area contributed by atoms with Crippen LogP contribution in [-0.2, 0) is 14.6 Å². The third kappa shape index (κ3) is 4.46. The van der Waals surface area contributed by atoms with Crippen molar-refractivity contribution < 1.29 is 18.3 Å². The minimum absolute atomic E-state index is 0.0931. The predicted octanol–water partition coefficient (Wildman–Crippen LogP) is 1.19. The SMILES string of the molecule is CC(=O)Nc1ccc(S(=O)(=O)CCC(C)O)cc1. The second-order valence-corrected chi connectivity index (χ2v) is 6.27. The molecular weight excluding hydrogens is 254 g/mol. The van der Waals surface area contributed by atoms with Gasteiger partial charge in [0.1, 0.15) is 0 Å². The molecule has 2 N–H and O–H groups in total. The summed E-state index contributed by atoms with van der Waals surface area (Å²) in [7, 11) is -3.37. The van der Waals surface area contributed by atoms with E-state index < -0.39 is 15.9 Å². The molecule has 6 heteroatoms. The molecule has 1 aromatic rings. The van der Waals surface area contributed by atoms with Crippen molar-refractivity contribution in [3.63, 3.8) is 0 Å². The first-order valence-electron chi connectivity index (χ1n) is 5.60. The first-order valence-corrected chi connectivity index (χ1v) is 7.25. The third-order valence-electron chi connectivity index (χ3n) is 2.34. The largest absolute Gasteiger partial charge is 0.393 e. The fraction of sp³-hybridized carbons (Fsp3) is 0.417. The minimum Gasteiger partial charge on any atom is -0.393 e. The number of carbonyl (C=O) groups excluding carboxylic acids is 1. The molecule has 0 fully saturated rings. The standard InChI is InChI=1S/C12H17NO4S/c1-9(14)7-8-18(16,17)12-5-3-11(4-6-12)13-10(2)15/h3-6,9,14H,7-8H2,1-2H3,(H,13,15). The normalized spacial score (nSPS) is 13.1. The van der Waals surface area contributed by atoms with Crippen LogP contribution in [-0.4, -0.2) is 31.3 Å². The highest BCUT2D eigenvalue weighted by Crippen LogP contribution is 2.16. The van der Waals surface area contributed by atoms with E-state index in [0.717, 1.165) is 0 Å². The van der Waals surface area contributed by atoms with Gasteiger partial charge in [0.15, 0.2) is 9.84 Å². The lowest BCUT2D eigenvalue weighted by Crippen LogP contribution is -2.12. The third-order valence-corrected chi connectivity index (χ3v) is 4.10. The Labute approximate surface area is 107 Å². The number of anilines is 1. The van der Waals surface area contributed by atoms with E-state index in [1.165, 1.54) is 31.2 Å². The highest BCUT2D eigenvalue weighted by molar-refractivity contribution is 7.91. The second kappa shape index (κ2) is 5.97. The number of carbonyl (C=O) groups is 1. The summed E-state index contributed by atoms with van der Waals surface area (Å²) >= 11 is 0. The Bertz CT molecular complexity index is 505. The van der Waals surface area contributed by atoms with Gasteiger partial charge in [-0.25, -0.2) is 8.42 Å². The summed E-state index contributed by atoms with van der Waals surface area (Å²) in [6.07, 6.45) is -0.436. The molecule has 100 valence electrons. The molecule has 0 aromatic heterocycles. The lowest BCUT2D eigenvalue weighted by atomic mass is 10.3. The molecule has 0 heterocycles. The number of aliphatic hydroxyl groups is 1. The predicted molar refractivity (Wildman–Crippen MR) is 69.1 cm³/mol. The van der Waals surface area contributed by atoms with Gasteiger partial charge < -0.3 is 10.4 Å². The monoisotopic (exact) mass is 271 g/mol. The first-order chi connectivity index (χ1) is 8.31. The van der Waals surface area contributed by atoms with E-state index in [1.54, 1.807) is 6.92 Å². The molecule has 1 atom stereocenters. The van der Waals surface area contributed by atoms with Crippen molar-refractivity contribution in [1.82, 2.24) is 0 Å². The smallest absolute Gasteiger partial charge is 0.221 e. The van der Waals surface area contributed by atoms with Gasteiger partial charge in [-0.15, -0.1) is 0 Å². The van der Waals surface area contributed by atoms with Gasteiger partial charge in [0.05, 0.1) is 16.8 Å². The van der Waals surface area contributed by atoms with Gasteiger partial charge in [-0.2, -0.15) is 0 Å². The maximum Gasteiger partial charge on any atom is 0.221 e. The maximum absolute atomic E-state index is 11.9. The quantitative estimate of drug-likeness (QED) is 0.842. The Morgan fingerprint density at radius 2 is 1.89 bits per heavy atom. The molecule has 1 unspecified atom stereocenters. The minimum atomic E-state index is -3.37. The lowest BCUT2D eigenvalue weighted by molar-refractivity contribution is -0.114. The fourth-order valence-electron chi connectivity index (χ4n) is 1.39. The number of rotatable bonds is 5. The van der Waals surface area contributed by atoms with E-state index in [1.807, 2.05) is 0 Å². The van der Waals surface area contributed by atoms with Crippen LogP contribution in [0.2, 0.25) is 0 Å². The van der Waals surface area contributed by atoms with Crippen molar-refractivity contribution in [3.8, 4) is 0 Å². The molecular formula is C12H17NO4S. The maximum atomic E-state index is 11.9. The molecule has 1 amide bonds. The summed E-state index contributed by atoms with van der Waals surface area (Å²) in [5.41, 5.74) is 0.553. The number of amides is 1. The molecule has 0 aliphatic carbocycles. The van der Waals surface area contributed by atoms with Gasteiger partial charge >= 0.3 is 0 Å². The molecule has 1 rings (SSSR count). The van der Waals surface area contributed by atoms with E-state index in [2.05, 4.69) is 5.32 Å². The average molecular weight is 271 g/mol. The van der Waals surface area contributed by atoms with Crippen molar-refractivity contribution in [1.29, 1.82) is 0 Å². The highest BCUT2D eigenvalue weighted by atomic mass is 32.2. The second-order valence-electron chi connectivity index (χ2n) is 4.16. The number of nitrogens with one attached hydrogen (secondary N) is 1. The van der Waals surface area contributed by atoms with Crippen LogP contribution in [0.4, 0.5) is 5.69 Å². The van der Waals surface area contributed by atoms with Gasteiger partial charge in [0, 0.05) is 12.6 Å². The molecule has 0 aliphatic rings. The van der Waals surface area contributed by atoms with E-state index in [-0.39, 0.29) is 23.0 Å². The molecule has 5 nitrogen and oxygen atoms in total. The van der Waals surface area contributed by atoms with Crippen molar-refractivity contribution >= 4 is 21.4 Å². The molecule has 0 aliphatic heterocycles. The van der Waals surface area contributed by atoms with Crippen LogP contribution in [0.5, 0.6) is 0 Å². The summed E-state index contributed by atoms with van der Waals surface area (Å²) < 4.78 is 23.7. The molecule has 0 radical (unpaired) electrons. The zero-order valence-corrected chi connectivity index (χ0v) is 11.2. The summed E-state index contributed by atoms with van der Waals surface area (Å²) in [5.74, 6) is -0.302.